The molecule has 8 heteroatoms. The van der Waals surface area contributed by atoms with E-state index in [-0.39, 0.29) is 16.9 Å². The topological polar surface area (TPSA) is 111 Å². The van der Waals surface area contributed by atoms with Gasteiger partial charge in [0, 0.05) is 50.7 Å². The van der Waals surface area contributed by atoms with Crippen LogP contribution in [0.1, 0.15) is 27.0 Å². The van der Waals surface area contributed by atoms with E-state index in [0.717, 1.165) is 0 Å². The fraction of sp³-hybridized carbons (Fsp3) is 0. The standard InChI is InChI=1S/C33H23N5O3/c1-4-22-10-14-26(15-11-22)34-31(39)25-19-29(37-32(40)35-27-16-12-23(5-2)13-17-27)21-30(20-25)38-33(41)36-28-9-7-8-24(6-3)18-28/h1-3,7-21H,(H,34,39)(H2,35,37,40)(H2,36,38,41). The predicted octanol–water partition coefficient (Wildman–Crippen LogP) is 6.17. The molecule has 0 bridgehead atoms. The number of carbonyl (C=O) groups is 3. The molecule has 5 N–H and O–H groups in total. The smallest absolute Gasteiger partial charge is 0.322 e. The summed E-state index contributed by atoms with van der Waals surface area (Å²) in [5.74, 6) is 7.05. The fourth-order valence-corrected chi connectivity index (χ4v) is 3.68. The Morgan fingerprint density at radius 3 is 1.44 bits per heavy atom. The summed E-state index contributed by atoms with van der Waals surface area (Å²) in [5, 5.41) is 13.5. The summed E-state index contributed by atoms with van der Waals surface area (Å²) in [4.78, 5) is 38.6. The van der Waals surface area contributed by atoms with Crippen LogP contribution in [-0.2, 0) is 0 Å². The first-order valence-corrected chi connectivity index (χ1v) is 12.2. The zero-order valence-corrected chi connectivity index (χ0v) is 21.6. The molecule has 0 aliphatic rings. The molecule has 5 amide bonds. The van der Waals surface area contributed by atoms with Gasteiger partial charge in [0.2, 0.25) is 0 Å². The van der Waals surface area contributed by atoms with Crippen LogP contribution in [0.25, 0.3) is 0 Å². The lowest BCUT2D eigenvalue weighted by molar-refractivity contribution is 0.102. The van der Waals surface area contributed by atoms with Gasteiger partial charge in [-0.05, 0) is 84.9 Å². The van der Waals surface area contributed by atoms with Gasteiger partial charge in [-0.3, -0.25) is 4.79 Å². The number of hydrogen-bond acceptors (Lipinski definition) is 3. The molecule has 0 heterocycles. The number of terminal acetylenes is 3. The van der Waals surface area contributed by atoms with E-state index in [2.05, 4.69) is 44.3 Å². The Kier molecular flexibility index (Phi) is 8.67. The van der Waals surface area contributed by atoms with E-state index in [4.69, 9.17) is 19.3 Å². The van der Waals surface area contributed by atoms with Crippen molar-refractivity contribution in [1.29, 1.82) is 0 Å². The van der Waals surface area contributed by atoms with Crippen molar-refractivity contribution in [2.24, 2.45) is 0 Å². The molecule has 4 aromatic carbocycles. The number of rotatable bonds is 6. The minimum atomic E-state index is -0.578. The Labute approximate surface area is 237 Å². The van der Waals surface area contributed by atoms with E-state index < -0.39 is 18.0 Å². The van der Waals surface area contributed by atoms with Gasteiger partial charge in [0.05, 0.1) is 0 Å². The molecule has 0 fully saturated rings. The van der Waals surface area contributed by atoms with Crippen LogP contribution in [0.15, 0.2) is 91.0 Å². The van der Waals surface area contributed by atoms with E-state index in [1.807, 2.05) is 0 Å². The van der Waals surface area contributed by atoms with Crippen molar-refractivity contribution in [3.05, 3.63) is 113 Å². The molecule has 0 saturated heterocycles. The van der Waals surface area contributed by atoms with Gasteiger partial charge < -0.3 is 26.6 Å². The van der Waals surface area contributed by atoms with Crippen molar-refractivity contribution < 1.29 is 14.4 Å². The number of benzene rings is 4. The van der Waals surface area contributed by atoms with Gasteiger partial charge >= 0.3 is 12.1 Å². The third-order valence-electron chi connectivity index (χ3n) is 5.62. The van der Waals surface area contributed by atoms with Gasteiger partial charge in [-0.15, -0.1) is 19.3 Å². The zero-order chi connectivity index (χ0) is 29.2. The maximum atomic E-state index is 13.1. The fourth-order valence-electron chi connectivity index (χ4n) is 3.68. The molecule has 0 aliphatic heterocycles. The largest absolute Gasteiger partial charge is 0.323 e. The molecule has 0 aliphatic carbocycles. The van der Waals surface area contributed by atoms with Crippen LogP contribution in [-0.4, -0.2) is 18.0 Å². The van der Waals surface area contributed by atoms with Gasteiger partial charge in [-0.1, -0.05) is 23.8 Å². The number of nitrogens with one attached hydrogen (secondary N) is 5. The molecular formula is C33H23N5O3. The normalized spacial score (nSPS) is 9.68. The highest BCUT2D eigenvalue weighted by Crippen LogP contribution is 2.22. The first kappa shape index (κ1) is 27.6. The summed E-state index contributed by atoms with van der Waals surface area (Å²) in [6, 6.07) is 23.5. The van der Waals surface area contributed by atoms with Crippen LogP contribution < -0.4 is 26.6 Å². The number of anilines is 5. The second-order valence-electron chi connectivity index (χ2n) is 8.58. The van der Waals surface area contributed by atoms with Crippen LogP contribution in [0.2, 0.25) is 0 Å². The first-order valence-electron chi connectivity index (χ1n) is 12.2. The van der Waals surface area contributed by atoms with E-state index in [1.54, 1.807) is 72.8 Å². The van der Waals surface area contributed by atoms with Crippen molar-refractivity contribution in [3.8, 4) is 37.0 Å². The molecule has 41 heavy (non-hydrogen) atoms. The zero-order valence-electron chi connectivity index (χ0n) is 21.6. The Bertz CT molecular complexity index is 1740. The summed E-state index contributed by atoms with van der Waals surface area (Å²) in [6.07, 6.45) is 16.2. The minimum Gasteiger partial charge on any atom is -0.322 e. The monoisotopic (exact) mass is 537 g/mol. The van der Waals surface area contributed by atoms with Crippen molar-refractivity contribution in [3.63, 3.8) is 0 Å². The summed E-state index contributed by atoms with van der Waals surface area (Å²) < 4.78 is 0. The third kappa shape index (κ3) is 7.78. The molecule has 4 aromatic rings. The highest BCUT2D eigenvalue weighted by Gasteiger charge is 2.13. The minimum absolute atomic E-state index is 0.173. The van der Waals surface area contributed by atoms with Crippen LogP contribution in [0.3, 0.4) is 0 Å². The molecule has 0 aromatic heterocycles. The van der Waals surface area contributed by atoms with Gasteiger partial charge in [-0.2, -0.15) is 0 Å². The highest BCUT2D eigenvalue weighted by atomic mass is 16.2. The lowest BCUT2D eigenvalue weighted by Crippen LogP contribution is -2.22. The molecule has 0 saturated carbocycles. The van der Waals surface area contributed by atoms with Crippen molar-refractivity contribution >= 4 is 46.4 Å². The molecule has 0 unspecified atom stereocenters. The first-order chi connectivity index (χ1) is 19.8. The van der Waals surface area contributed by atoms with Crippen molar-refractivity contribution in [1.82, 2.24) is 0 Å². The third-order valence-corrected chi connectivity index (χ3v) is 5.62. The molecule has 0 atom stereocenters. The average Bonchev–Trinajstić information content (AvgIpc) is 2.97. The van der Waals surface area contributed by atoms with Crippen LogP contribution >= 0.6 is 0 Å². The highest BCUT2D eigenvalue weighted by molar-refractivity contribution is 6.08. The summed E-state index contributed by atoms with van der Waals surface area (Å²) in [5.41, 5.74) is 4.12. The molecule has 198 valence electrons. The summed E-state index contributed by atoms with van der Waals surface area (Å²) in [6.45, 7) is 0. The predicted molar refractivity (Wildman–Crippen MR) is 163 cm³/mol. The molecule has 4 rings (SSSR count). The number of amides is 5. The Morgan fingerprint density at radius 2 is 0.927 bits per heavy atom. The van der Waals surface area contributed by atoms with E-state index in [1.165, 1.54) is 18.2 Å². The summed E-state index contributed by atoms with van der Waals surface area (Å²) in [7, 11) is 0. The van der Waals surface area contributed by atoms with Crippen molar-refractivity contribution in [2.75, 3.05) is 26.6 Å². The van der Waals surface area contributed by atoms with Crippen LogP contribution in [0, 0.1) is 37.0 Å². The van der Waals surface area contributed by atoms with Crippen molar-refractivity contribution in [2.45, 2.75) is 0 Å². The number of urea groups is 2. The number of hydrogen-bond donors (Lipinski definition) is 5. The second-order valence-corrected chi connectivity index (χ2v) is 8.58. The van der Waals surface area contributed by atoms with E-state index in [9.17, 15) is 14.4 Å². The lowest BCUT2D eigenvalue weighted by atomic mass is 10.1. The number of carbonyl (C=O) groups excluding carboxylic acids is 3. The molecule has 0 radical (unpaired) electrons. The summed E-state index contributed by atoms with van der Waals surface area (Å²) >= 11 is 0. The molecule has 8 nitrogen and oxygen atoms in total. The van der Waals surface area contributed by atoms with Crippen LogP contribution in [0.4, 0.5) is 38.0 Å². The average molecular weight is 538 g/mol. The quantitative estimate of drug-likeness (QED) is 0.190. The van der Waals surface area contributed by atoms with Gasteiger partial charge in [0.25, 0.3) is 5.91 Å². The van der Waals surface area contributed by atoms with E-state index >= 15 is 0 Å². The van der Waals surface area contributed by atoms with E-state index in [0.29, 0.717) is 33.8 Å². The SMILES string of the molecule is C#Cc1ccc(NC(=O)Nc2cc(NC(=O)Nc3cccc(C#C)c3)cc(C(=O)Nc3ccc(C#C)cc3)c2)cc1. The Balaban J connectivity index is 1.55. The lowest BCUT2D eigenvalue weighted by Gasteiger charge is -2.14. The Morgan fingerprint density at radius 1 is 0.463 bits per heavy atom. The van der Waals surface area contributed by atoms with Gasteiger partial charge in [-0.25, -0.2) is 9.59 Å². The Hall–Kier alpha value is -6.43. The maximum Gasteiger partial charge on any atom is 0.323 e. The van der Waals surface area contributed by atoms with Gasteiger partial charge in [0.1, 0.15) is 0 Å². The maximum absolute atomic E-state index is 13.1. The van der Waals surface area contributed by atoms with Gasteiger partial charge in [0.15, 0.2) is 0 Å². The molecule has 0 spiro atoms. The molecular weight excluding hydrogens is 514 g/mol. The van der Waals surface area contributed by atoms with Crippen LogP contribution in [0.5, 0.6) is 0 Å². The second kappa shape index (κ2) is 12.9.